The van der Waals surface area contributed by atoms with Crippen LogP contribution in [0.15, 0.2) is 61.2 Å². The lowest BCUT2D eigenvalue weighted by molar-refractivity contribution is -0.663. The number of rotatable bonds is 1. The van der Waals surface area contributed by atoms with Crippen molar-refractivity contribution in [1.82, 2.24) is 9.97 Å². The molecule has 4 rings (SSSR count). The molecule has 0 bridgehead atoms. The number of aryl methyl sites for hydroxylation is 2. The molecule has 0 aliphatic carbocycles. The lowest BCUT2D eigenvalue weighted by atomic mass is 9.98. The van der Waals surface area contributed by atoms with E-state index in [1.165, 1.54) is 27.3 Å². The molecule has 3 nitrogen and oxygen atoms in total. The van der Waals surface area contributed by atoms with Gasteiger partial charge in [-0.05, 0) is 36.1 Å². The van der Waals surface area contributed by atoms with Gasteiger partial charge in [0.15, 0.2) is 0 Å². The van der Waals surface area contributed by atoms with Crippen LogP contribution in [0.3, 0.4) is 0 Å². The van der Waals surface area contributed by atoms with E-state index in [2.05, 4.69) is 57.9 Å². The molecule has 0 unspecified atom stereocenters. The largest absolute Gasteiger partial charge is 0.286 e. The minimum absolute atomic E-state index is 1.03. The molecule has 4 aromatic rings. The number of hydrogen-bond acceptors (Lipinski definition) is 2. The van der Waals surface area contributed by atoms with Gasteiger partial charge in [0.05, 0.1) is 12.6 Å². The van der Waals surface area contributed by atoms with Crippen molar-refractivity contribution in [1.29, 1.82) is 0 Å². The van der Waals surface area contributed by atoms with Crippen molar-refractivity contribution in [2.75, 3.05) is 0 Å². The van der Waals surface area contributed by atoms with E-state index in [1.807, 2.05) is 31.8 Å². The summed E-state index contributed by atoms with van der Waals surface area (Å²) in [6.07, 6.45) is 5.63. The third-order valence-corrected chi connectivity index (χ3v) is 4.15. The predicted molar refractivity (Wildman–Crippen MR) is 88.4 cm³/mol. The van der Waals surface area contributed by atoms with Gasteiger partial charge in [-0.1, -0.05) is 23.2 Å². The van der Waals surface area contributed by atoms with Gasteiger partial charge < -0.3 is 0 Å². The zero-order valence-corrected chi connectivity index (χ0v) is 12.6. The van der Waals surface area contributed by atoms with Crippen LogP contribution in [0.2, 0.25) is 0 Å². The summed E-state index contributed by atoms with van der Waals surface area (Å²) in [7, 11) is 2.02. The molecular formula is C19H16N3+. The van der Waals surface area contributed by atoms with E-state index in [4.69, 9.17) is 0 Å². The van der Waals surface area contributed by atoms with Gasteiger partial charge >= 0.3 is 0 Å². The van der Waals surface area contributed by atoms with Crippen molar-refractivity contribution < 1.29 is 4.57 Å². The second kappa shape index (κ2) is 4.88. The number of hydrogen-bond donors (Lipinski definition) is 0. The number of benzene rings is 2. The molecule has 0 saturated heterocycles. The molecule has 0 N–H and O–H groups in total. The van der Waals surface area contributed by atoms with E-state index in [0.29, 0.717) is 0 Å². The Morgan fingerprint density at radius 1 is 1.00 bits per heavy atom. The highest BCUT2D eigenvalue weighted by molar-refractivity contribution is 6.07. The van der Waals surface area contributed by atoms with Crippen molar-refractivity contribution in [3.63, 3.8) is 0 Å². The summed E-state index contributed by atoms with van der Waals surface area (Å²) in [5.74, 6) is 0. The van der Waals surface area contributed by atoms with Crippen molar-refractivity contribution in [3.05, 3.63) is 66.7 Å². The zero-order chi connectivity index (χ0) is 15.1. The molecule has 2 aromatic heterocycles. The predicted octanol–water partition coefficient (Wildman–Crippen LogP) is 3.58. The highest BCUT2D eigenvalue weighted by Gasteiger charge is 2.12. The standard InChI is InChI=1S/C19H16N3/c1-13-9-14-11-21-18-6-4-3-5-15(18)17(14)10-16(13)19-7-8-20-12-22(19)2/h3-12H,1-2H3/q+1. The summed E-state index contributed by atoms with van der Waals surface area (Å²) in [4.78, 5) is 8.72. The molecule has 0 saturated carbocycles. The van der Waals surface area contributed by atoms with Gasteiger partial charge in [-0.15, -0.1) is 0 Å². The molecule has 2 aromatic carbocycles. The fourth-order valence-corrected chi connectivity index (χ4v) is 3.01. The Hall–Kier alpha value is -2.81. The first-order chi connectivity index (χ1) is 10.7. The molecular weight excluding hydrogens is 270 g/mol. The maximum atomic E-state index is 4.56. The van der Waals surface area contributed by atoms with Crippen molar-refractivity contribution in [3.8, 4) is 11.3 Å². The molecule has 3 heteroatoms. The van der Waals surface area contributed by atoms with Crippen molar-refractivity contribution >= 4 is 21.7 Å². The van der Waals surface area contributed by atoms with E-state index >= 15 is 0 Å². The minimum Gasteiger partial charge on any atom is -0.256 e. The summed E-state index contributed by atoms with van der Waals surface area (Å²) < 4.78 is 2.05. The van der Waals surface area contributed by atoms with Crippen LogP contribution in [0.1, 0.15) is 5.56 Å². The zero-order valence-electron chi connectivity index (χ0n) is 12.6. The first-order valence-corrected chi connectivity index (χ1v) is 7.32. The van der Waals surface area contributed by atoms with Crippen LogP contribution in [0.25, 0.3) is 32.9 Å². The topological polar surface area (TPSA) is 29.7 Å². The van der Waals surface area contributed by atoms with Crippen molar-refractivity contribution in [2.45, 2.75) is 6.92 Å². The normalized spacial score (nSPS) is 11.2. The summed E-state index contributed by atoms with van der Waals surface area (Å²) in [5.41, 5.74) is 4.67. The van der Waals surface area contributed by atoms with Gasteiger partial charge in [0.25, 0.3) is 6.33 Å². The molecule has 0 radical (unpaired) electrons. The molecule has 0 spiro atoms. The van der Waals surface area contributed by atoms with E-state index < -0.39 is 0 Å². The molecule has 0 aliphatic rings. The van der Waals surface area contributed by atoms with Crippen molar-refractivity contribution in [2.24, 2.45) is 7.05 Å². The first-order valence-electron chi connectivity index (χ1n) is 7.32. The lowest BCUT2D eigenvalue weighted by Crippen LogP contribution is -2.31. The average molecular weight is 286 g/mol. The summed E-state index contributed by atoms with van der Waals surface area (Å²) in [6.45, 7) is 2.14. The van der Waals surface area contributed by atoms with E-state index in [9.17, 15) is 0 Å². The van der Waals surface area contributed by atoms with Crippen LogP contribution < -0.4 is 4.57 Å². The van der Waals surface area contributed by atoms with Crippen LogP contribution in [0, 0.1) is 6.92 Å². The summed E-state index contributed by atoms with van der Waals surface area (Å²) in [6, 6.07) is 14.8. The Labute approximate surface area is 128 Å². The number of fused-ring (bicyclic) bond motifs is 3. The Kier molecular flexibility index (Phi) is 2.86. The molecule has 22 heavy (non-hydrogen) atoms. The smallest absolute Gasteiger partial charge is 0.256 e. The minimum atomic E-state index is 1.03. The lowest BCUT2D eigenvalue weighted by Gasteiger charge is -2.10. The fourth-order valence-electron chi connectivity index (χ4n) is 3.01. The Balaban J connectivity index is 2.10. The van der Waals surface area contributed by atoms with E-state index in [-0.39, 0.29) is 0 Å². The van der Waals surface area contributed by atoms with Gasteiger partial charge in [0.2, 0.25) is 0 Å². The maximum Gasteiger partial charge on any atom is 0.286 e. The summed E-state index contributed by atoms with van der Waals surface area (Å²) in [5, 5.41) is 3.61. The number of para-hydroxylation sites is 1. The van der Waals surface area contributed by atoms with Gasteiger partial charge in [-0.2, -0.15) is 0 Å². The van der Waals surface area contributed by atoms with Crippen LogP contribution in [-0.2, 0) is 7.05 Å². The maximum absolute atomic E-state index is 4.56. The van der Waals surface area contributed by atoms with E-state index in [0.717, 1.165) is 11.2 Å². The highest BCUT2D eigenvalue weighted by Crippen LogP contribution is 2.30. The third-order valence-electron chi connectivity index (χ3n) is 4.15. The summed E-state index contributed by atoms with van der Waals surface area (Å²) >= 11 is 0. The highest BCUT2D eigenvalue weighted by atomic mass is 15.0. The van der Waals surface area contributed by atoms with Crippen LogP contribution in [0.4, 0.5) is 0 Å². The monoisotopic (exact) mass is 286 g/mol. The Bertz CT molecular complexity index is 1010. The molecule has 0 atom stereocenters. The quantitative estimate of drug-likeness (QED) is 0.395. The molecule has 0 amide bonds. The van der Waals surface area contributed by atoms with Crippen LogP contribution >= 0.6 is 0 Å². The molecule has 0 aliphatic heterocycles. The number of pyridine rings is 1. The second-order valence-corrected chi connectivity index (χ2v) is 5.61. The second-order valence-electron chi connectivity index (χ2n) is 5.61. The number of aromatic nitrogens is 3. The van der Waals surface area contributed by atoms with E-state index in [1.54, 1.807) is 0 Å². The fraction of sp³-hybridized carbons (Fsp3) is 0.105. The van der Waals surface area contributed by atoms with Gasteiger partial charge in [-0.3, -0.25) is 4.98 Å². The Morgan fingerprint density at radius 3 is 2.73 bits per heavy atom. The molecule has 2 heterocycles. The van der Waals surface area contributed by atoms with Gasteiger partial charge in [-0.25, -0.2) is 4.57 Å². The third kappa shape index (κ3) is 1.94. The first kappa shape index (κ1) is 12.9. The van der Waals surface area contributed by atoms with Crippen LogP contribution in [0.5, 0.6) is 0 Å². The molecule has 106 valence electrons. The van der Waals surface area contributed by atoms with Gasteiger partial charge in [0, 0.05) is 28.6 Å². The SMILES string of the molecule is Cc1cc2cnc3ccccc3c2cc1-c1ccnc[n+]1C. The molecule has 0 fully saturated rings. The Morgan fingerprint density at radius 2 is 1.86 bits per heavy atom. The van der Waals surface area contributed by atoms with Crippen LogP contribution in [-0.4, -0.2) is 9.97 Å². The average Bonchev–Trinajstić information content (AvgIpc) is 2.55. The number of nitrogens with zero attached hydrogens (tertiary/aromatic N) is 3. The van der Waals surface area contributed by atoms with Gasteiger partial charge in [0.1, 0.15) is 11.9 Å².